The fraction of sp³-hybridized carbons (Fsp3) is 0.692. The summed E-state index contributed by atoms with van der Waals surface area (Å²) in [6, 6.07) is 4.37. The van der Waals surface area contributed by atoms with Crippen LogP contribution in [0.4, 0.5) is 0 Å². The standard InChI is InChI=1S/C52H78N2O2S4/c1-5-9-13-17-19-21-23-27-31-39(29-25-15-11-7-3)37-53-41-33-35-57-45(41)47-43(51(53)55)49-50(59-47)44-48(60-49)46-42(34-36-58-46)54(52(44)56)38-40(30-26-16-12-8-4)32-28-24-22-20-18-14-10-6-2/h33-36,39-40H,5-32,37-38H2,1-4H3. The number of nitrogens with zero attached hydrogens (tertiary/aromatic N) is 2. The van der Waals surface area contributed by atoms with Gasteiger partial charge in [-0.05, 0) is 60.4 Å². The second-order valence-electron chi connectivity index (χ2n) is 18.3. The van der Waals surface area contributed by atoms with Crippen LogP contribution in [0, 0.1) is 11.8 Å². The van der Waals surface area contributed by atoms with Crippen LogP contribution in [0.2, 0.25) is 0 Å². The lowest BCUT2D eigenvalue weighted by Crippen LogP contribution is -2.24. The van der Waals surface area contributed by atoms with Gasteiger partial charge in [-0.25, -0.2) is 0 Å². The number of hydrogen-bond donors (Lipinski definition) is 0. The molecule has 2 atom stereocenters. The molecular formula is C52H78N2O2S4. The Bertz CT molecular complexity index is 2120. The van der Waals surface area contributed by atoms with E-state index in [2.05, 4.69) is 59.7 Å². The fourth-order valence-corrected chi connectivity index (χ4v) is 14.8. The average molecular weight is 891 g/mol. The molecule has 0 radical (unpaired) electrons. The summed E-state index contributed by atoms with van der Waals surface area (Å²) >= 11 is 6.97. The summed E-state index contributed by atoms with van der Waals surface area (Å²) in [7, 11) is 0. The van der Waals surface area contributed by atoms with Gasteiger partial charge in [-0.1, -0.05) is 182 Å². The molecule has 0 bridgehead atoms. The Balaban J connectivity index is 1.30. The third kappa shape index (κ3) is 12.2. The van der Waals surface area contributed by atoms with Crippen molar-refractivity contribution < 1.29 is 0 Å². The normalized spacial score (nSPS) is 13.3. The van der Waals surface area contributed by atoms with Gasteiger partial charge in [0.2, 0.25) is 0 Å². The highest BCUT2D eigenvalue weighted by molar-refractivity contribution is 7.39. The van der Waals surface area contributed by atoms with Crippen molar-refractivity contribution in [2.45, 2.75) is 221 Å². The molecule has 6 rings (SSSR count). The monoisotopic (exact) mass is 890 g/mol. The third-order valence-corrected chi connectivity index (χ3v) is 18.1. The lowest BCUT2D eigenvalue weighted by molar-refractivity contribution is 0.358. The number of hydrogen-bond acceptors (Lipinski definition) is 6. The molecule has 6 aromatic heterocycles. The predicted octanol–water partition coefficient (Wildman–Crippen LogP) is 18.3. The molecule has 0 aromatic carbocycles. The van der Waals surface area contributed by atoms with Crippen LogP contribution in [-0.2, 0) is 13.1 Å². The zero-order chi connectivity index (χ0) is 42.1. The molecule has 6 aromatic rings. The first-order valence-electron chi connectivity index (χ1n) is 24.9. The Morgan fingerprint density at radius 3 is 1.02 bits per heavy atom. The number of rotatable bonds is 32. The topological polar surface area (TPSA) is 44.0 Å². The van der Waals surface area contributed by atoms with Crippen LogP contribution in [-0.4, -0.2) is 9.13 Å². The molecule has 60 heavy (non-hydrogen) atoms. The Morgan fingerprint density at radius 1 is 0.400 bits per heavy atom. The smallest absolute Gasteiger partial charge is 0.261 e. The predicted molar refractivity (Wildman–Crippen MR) is 273 cm³/mol. The van der Waals surface area contributed by atoms with Gasteiger partial charge in [0, 0.05) is 13.1 Å². The Morgan fingerprint density at radius 2 is 0.683 bits per heavy atom. The molecule has 0 saturated carbocycles. The summed E-state index contributed by atoms with van der Waals surface area (Å²) in [6.45, 7) is 10.8. The molecular weight excluding hydrogens is 813 g/mol. The average Bonchev–Trinajstić information content (AvgIpc) is 4.07. The minimum absolute atomic E-state index is 0.156. The maximum Gasteiger partial charge on any atom is 0.261 e. The van der Waals surface area contributed by atoms with Gasteiger partial charge in [0.05, 0.1) is 50.0 Å². The summed E-state index contributed by atoms with van der Waals surface area (Å²) in [5.74, 6) is 1.02. The SMILES string of the molecule is CCCCCCCCCCC(CCCCCC)Cn1c(=O)c2c3sc4c5sccc5n(CC(CCCCCC)CCCCCCCCCC)c(=O)c4c3sc2c2sccc21. The van der Waals surface area contributed by atoms with E-state index in [1.54, 1.807) is 45.3 Å². The van der Waals surface area contributed by atoms with Crippen molar-refractivity contribution in [3.8, 4) is 0 Å². The maximum absolute atomic E-state index is 15.0. The lowest BCUT2D eigenvalue weighted by atomic mass is 9.94. The molecule has 0 aliphatic heterocycles. The van der Waals surface area contributed by atoms with E-state index in [4.69, 9.17) is 0 Å². The minimum Gasteiger partial charge on any atom is -0.306 e. The van der Waals surface area contributed by atoms with Gasteiger partial charge in [-0.3, -0.25) is 9.59 Å². The second kappa shape index (κ2) is 25.3. The lowest BCUT2D eigenvalue weighted by Gasteiger charge is -2.20. The van der Waals surface area contributed by atoms with Crippen LogP contribution >= 0.6 is 45.3 Å². The second-order valence-corrected chi connectivity index (χ2v) is 22.2. The largest absolute Gasteiger partial charge is 0.306 e. The fourth-order valence-electron chi connectivity index (χ4n) is 9.89. The van der Waals surface area contributed by atoms with E-state index in [0.29, 0.717) is 11.8 Å². The molecule has 332 valence electrons. The molecule has 0 saturated heterocycles. The molecule has 0 fully saturated rings. The molecule has 2 unspecified atom stereocenters. The van der Waals surface area contributed by atoms with Gasteiger partial charge in [0.25, 0.3) is 11.1 Å². The van der Waals surface area contributed by atoms with Crippen LogP contribution < -0.4 is 11.1 Å². The Kier molecular flexibility index (Phi) is 20.0. The van der Waals surface area contributed by atoms with Crippen LogP contribution in [0.25, 0.3) is 50.0 Å². The number of fused-ring (bicyclic) bond motifs is 9. The van der Waals surface area contributed by atoms with Crippen LogP contribution in [0.1, 0.15) is 207 Å². The van der Waals surface area contributed by atoms with Crippen LogP contribution in [0.5, 0.6) is 0 Å². The highest BCUT2D eigenvalue weighted by Crippen LogP contribution is 2.47. The van der Waals surface area contributed by atoms with Crippen molar-refractivity contribution in [2.24, 2.45) is 11.8 Å². The highest BCUT2D eigenvalue weighted by atomic mass is 32.1. The first kappa shape index (κ1) is 47.5. The van der Waals surface area contributed by atoms with Gasteiger partial charge in [-0.2, -0.15) is 0 Å². The van der Waals surface area contributed by atoms with E-state index in [0.717, 1.165) is 53.7 Å². The Hall–Kier alpha value is -2.00. The quantitative estimate of drug-likeness (QED) is 0.0396. The number of thiophene rings is 4. The van der Waals surface area contributed by atoms with E-state index in [1.807, 2.05) is 0 Å². The van der Waals surface area contributed by atoms with Crippen LogP contribution in [0.3, 0.4) is 0 Å². The van der Waals surface area contributed by atoms with Crippen molar-refractivity contribution in [3.05, 3.63) is 43.6 Å². The summed E-state index contributed by atoms with van der Waals surface area (Å²) in [5.41, 5.74) is 2.50. The van der Waals surface area contributed by atoms with Gasteiger partial charge < -0.3 is 9.13 Å². The van der Waals surface area contributed by atoms with Gasteiger partial charge >= 0.3 is 0 Å². The number of unbranched alkanes of at least 4 members (excludes halogenated alkanes) is 20. The van der Waals surface area contributed by atoms with E-state index in [1.165, 1.54) is 189 Å². The summed E-state index contributed by atoms with van der Waals surface area (Å²) < 4.78 is 11.0. The van der Waals surface area contributed by atoms with Crippen LogP contribution in [0.15, 0.2) is 32.5 Å². The van der Waals surface area contributed by atoms with Crippen molar-refractivity contribution in [2.75, 3.05) is 0 Å². The van der Waals surface area contributed by atoms with E-state index in [9.17, 15) is 9.59 Å². The summed E-state index contributed by atoms with van der Waals surface area (Å²) in [4.78, 5) is 30.0. The Labute approximate surface area is 378 Å². The first-order valence-corrected chi connectivity index (χ1v) is 28.3. The van der Waals surface area contributed by atoms with Crippen molar-refractivity contribution in [3.63, 3.8) is 0 Å². The molecule has 0 amide bonds. The molecule has 0 N–H and O–H groups in total. The van der Waals surface area contributed by atoms with Gasteiger partial charge in [0.15, 0.2) is 0 Å². The summed E-state index contributed by atoms with van der Waals surface area (Å²) in [6.07, 6.45) is 36.3. The zero-order valence-electron chi connectivity index (χ0n) is 38.0. The van der Waals surface area contributed by atoms with E-state index in [-0.39, 0.29) is 11.1 Å². The summed E-state index contributed by atoms with van der Waals surface area (Å²) in [5, 5.41) is 6.08. The molecule has 4 nitrogen and oxygen atoms in total. The highest BCUT2D eigenvalue weighted by Gasteiger charge is 2.26. The van der Waals surface area contributed by atoms with E-state index >= 15 is 0 Å². The van der Waals surface area contributed by atoms with Crippen molar-refractivity contribution in [1.82, 2.24) is 9.13 Å². The third-order valence-electron chi connectivity index (χ3n) is 13.5. The molecule has 6 heterocycles. The van der Waals surface area contributed by atoms with Crippen molar-refractivity contribution in [1.29, 1.82) is 0 Å². The maximum atomic E-state index is 15.0. The minimum atomic E-state index is 0.156. The number of pyridine rings is 2. The first-order chi connectivity index (χ1) is 29.5. The zero-order valence-corrected chi connectivity index (χ0v) is 41.3. The van der Waals surface area contributed by atoms with E-state index < -0.39 is 0 Å². The number of aromatic nitrogens is 2. The van der Waals surface area contributed by atoms with Gasteiger partial charge in [0.1, 0.15) is 0 Å². The van der Waals surface area contributed by atoms with Crippen molar-refractivity contribution >= 4 is 95.4 Å². The molecule has 8 heteroatoms. The van der Waals surface area contributed by atoms with Gasteiger partial charge in [-0.15, -0.1) is 45.3 Å². The molecule has 0 spiro atoms. The molecule has 0 aliphatic carbocycles. The molecule has 0 aliphatic rings.